The Bertz CT molecular complexity index is 1980. The van der Waals surface area contributed by atoms with Gasteiger partial charge in [0.2, 0.25) is 0 Å². The Morgan fingerprint density at radius 3 is 2.00 bits per heavy atom. The zero-order chi connectivity index (χ0) is 28.5. The third-order valence-corrected chi connectivity index (χ3v) is 8.95. The van der Waals surface area contributed by atoms with Crippen LogP contribution in [0.15, 0.2) is 97.1 Å². The molecule has 0 radical (unpaired) electrons. The van der Waals surface area contributed by atoms with Gasteiger partial charge in [-0.2, -0.15) is 0 Å². The number of benzene rings is 4. The zero-order valence-electron chi connectivity index (χ0n) is 24.8. The molecule has 1 aliphatic carbocycles. The van der Waals surface area contributed by atoms with Crippen molar-refractivity contribution in [3.8, 4) is 33.4 Å². The van der Waals surface area contributed by atoms with Crippen LogP contribution in [0.4, 0.5) is 0 Å². The normalized spacial score (nSPS) is 13.8. The molecule has 2 aromatic heterocycles. The third-order valence-electron chi connectivity index (χ3n) is 8.95. The van der Waals surface area contributed by atoms with Gasteiger partial charge in [0.15, 0.2) is 0 Å². The van der Waals surface area contributed by atoms with Gasteiger partial charge in [0, 0.05) is 27.6 Å². The van der Waals surface area contributed by atoms with Crippen molar-refractivity contribution in [2.24, 2.45) is 0 Å². The van der Waals surface area contributed by atoms with Crippen LogP contribution in [0, 0.1) is 0 Å². The monoisotopic (exact) mass is 532 g/mol. The van der Waals surface area contributed by atoms with Crippen LogP contribution in [-0.4, -0.2) is 9.97 Å². The first-order valence-electron chi connectivity index (χ1n) is 14.8. The molecule has 0 aliphatic heterocycles. The molecule has 41 heavy (non-hydrogen) atoms. The van der Waals surface area contributed by atoms with E-state index in [4.69, 9.17) is 9.97 Å². The van der Waals surface area contributed by atoms with E-state index >= 15 is 0 Å². The van der Waals surface area contributed by atoms with E-state index in [2.05, 4.69) is 139 Å². The predicted octanol–water partition coefficient (Wildman–Crippen LogP) is 10.7. The van der Waals surface area contributed by atoms with Crippen LogP contribution >= 0.6 is 0 Å². The first-order chi connectivity index (χ1) is 19.7. The number of hydrogen-bond acceptors (Lipinski definition) is 2. The second-order valence-corrected chi connectivity index (χ2v) is 12.7. The molecule has 0 saturated carbocycles. The Kier molecular flexibility index (Phi) is 5.87. The first-order valence-corrected chi connectivity index (χ1v) is 14.8. The predicted molar refractivity (Wildman–Crippen MR) is 174 cm³/mol. The summed E-state index contributed by atoms with van der Waals surface area (Å²) in [6, 6.07) is 35.9. The van der Waals surface area contributed by atoms with Gasteiger partial charge >= 0.3 is 0 Å². The summed E-state index contributed by atoms with van der Waals surface area (Å²) in [4.78, 5) is 10.3. The minimum absolute atomic E-state index is 0.0179. The summed E-state index contributed by atoms with van der Waals surface area (Å²) in [7, 11) is 0. The summed E-state index contributed by atoms with van der Waals surface area (Å²) in [5.41, 5.74) is 14.6. The average Bonchev–Trinajstić information content (AvgIpc) is 3.22. The highest BCUT2D eigenvalue weighted by Gasteiger charge is 2.35. The number of aromatic nitrogens is 2. The minimum atomic E-state index is -0.0179. The second kappa shape index (κ2) is 9.38. The molecule has 0 saturated heterocycles. The van der Waals surface area contributed by atoms with Gasteiger partial charge in [0.25, 0.3) is 0 Å². The minimum Gasteiger partial charge on any atom is -0.250 e. The molecule has 2 heterocycles. The summed E-state index contributed by atoms with van der Waals surface area (Å²) < 4.78 is 0. The molecule has 2 nitrogen and oxygen atoms in total. The fraction of sp³-hybridized carbons (Fsp3) is 0.231. The smallest absolute Gasteiger partial charge is 0.0974 e. The summed E-state index contributed by atoms with van der Waals surface area (Å²) in [5, 5.41) is 2.29. The van der Waals surface area contributed by atoms with E-state index < -0.39 is 0 Å². The number of pyridine rings is 2. The van der Waals surface area contributed by atoms with E-state index in [9.17, 15) is 0 Å². The van der Waals surface area contributed by atoms with Gasteiger partial charge < -0.3 is 0 Å². The van der Waals surface area contributed by atoms with Crippen LogP contribution < -0.4 is 0 Å². The molecule has 2 heteroatoms. The van der Waals surface area contributed by atoms with Crippen LogP contribution in [0.3, 0.4) is 0 Å². The molecule has 0 fully saturated rings. The molecule has 7 rings (SSSR count). The molecule has 0 spiro atoms. The van der Waals surface area contributed by atoms with E-state index in [1.165, 1.54) is 44.5 Å². The van der Waals surface area contributed by atoms with Crippen molar-refractivity contribution in [2.45, 2.75) is 58.8 Å². The van der Waals surface area contributed by atoms with E-state index in [1.807, 2.05) is 0 Å². The largest absolute Gasteiger partial charge is 0.250 e. The van der Waals surface area contributed by atoms with E-state index in [-0.39, 0.29) is 5.41 Å². The number of fused-ring (bicyclic) bond motifs is 6. The molecule has 0 amide bonds. The fourth-order valence-corrected chi connectivity index (χ4v) is 6.51. The lowest BCUT2D eigenvalue weighted by Crippen LogP contribution is -2.14. The van der Waals surface area contributed by atoms with Gasteiger partial charge in [0.1, 0.15) is 0 Å². The van der Waals surface area contributed by atoms with Crippen molar-refractivity contribution < 1.29 is 0 Å². The lowest BCUT2D eigenvalue weighted by molar-refractivity contribution is 0.660. The number of hydrogen-bond donors (Lipinski definition) is 0. The van der Waals surface area contributed by atoms with Gasteiger partial charge in [-0.1, -0.05) is 114 Å². The van der Waals surface area contributed by atoms with Crippen LogP contribution in [0.1, 0.15) is 75.9 Å². The molecule has 4 aromatic carbocycles. The summed E-state index contributed by atoms with van der Waals surface area (Å²) >= 11 is 0. The number of rotatable bonds is 4. The van der Waals surface area contributed by atoms with E-state index in [0.717, 1.165) is 33.2 Å². The molecular weight excluding hydrogens is 496 g/mol. The van der Waals surface area contributed by atoms with Crippen LogP contribution in [0.25, 0.3) is 55.2 Å². The average molecular weight is 533 g/mol. The van der Waals surface area contributed by atoms with Crippen LogP contribution in [-0.2, 0) is 5.41 Å². The topological polar surface area (TPSA) is 25.8 Å². The lowest BCUT2D eigenvalue weighted by Gasteiger charge is -2.22. The fourth-order valence-electron chi connectivity index (χ4n) is 6.51. The second-order valence-electron chi connectivity index (χ2n) is 12.7. The highest BCUT2D eigenvalue weighted by atomic mass is 14.8. The molecule has 1 aliphatic rings. The van der Waals surface area contributed by atoms with Crippen molar-refractivity contribution in [1.29, 1.82) is 0 Å². The molecule has 6 aromatic rings. The van der Waals surface area contributed by atoms with E-state index in [0.29, 0.717) is 11.8 Å². The molecule has 0 unspecified atom stereocenters. The first kappa shape index (κ1) is 25.7. The molecular formula is C39H36N2. The van der Waals surface area contributed by atoms with Crippen molar-refractivity contribution in [2.75, 3.05) is 0 Å². The highest BCUT2D eigenvalue weighted by molar-refractivity contribution is 6.08. The van der Waals surface area contributed by atoms with Crippen molar-refractivity contribution in [3.63, 3.8) is 0 Å². The third kappa shape index (κ3) is 4.08. The van der Waals surface area contributed by atoms with Crippen molar-refractivity contribution in [3.05, 3.63) is 120 Å². The molecule has 0 atom stereocenters. The Morgan fingerprint density at radius 2 is 1.20 bits per heavy atom. The lowest BCUT2D eigenvalue weighted by atomic mass is 9.81. The highest BCUT2D eigenvalue weighted by Crippen LogP contribution is 2.49. The molecule has 0 bridgehead atoms. The van der Waals surface area contributed by atoms with Crippen molar-refractivity contribution >= 4 is 21.8 Å². The van der Waals surface area contributed by atoms with Crippen LogP contribution in [0.5, 0.6) is 0 Å². The standard InChI is InChI=1S/C39H36N2/c1-23(2)35-19-16-25-14-18-31-32(22-36(24(3)4)41-38(31)37(25)40-35)28-11-9-10-26(20-28)27-15-17-30-29-12-7-8-13-33(29)39(5,6)34(30)21-27/h7-24H,1-6H3. The Hall–Kier alpha value is -4.30. The van der Waals surface area contributed by atoms with E-state index in [1.54, 1.807) is 0 Å². The summed E-state index contributed by atoms with van der Waals surface area (Å²) in [6.45, 7) is 13.5. The quantitative estimate of drug-likeness (QED) is 0.211. The summed E-state index contributed by atoms with van der Waals surface area (Å²) in [5.74, 6) is 0.676. The number of nitrogens with zero attached hydrogens (tertiary/aromatic N) is 2. The van der Waals surface area contributed by atoms with Gasteiger partial charge in [-0.25, -0.2) is 0 Å². The zero-order valence-corrected chi connectivity index (χ0v) is 24.8. The van der Waals surface area contributed by atoms with Crippen molar-refractivity contribution in [1.82, 2.24) is 9.97 Å². The Labute approximate surface area is 243 Å². The maximum absolute atomic E-state index is 5.18. The maximum atomic E-state index is 5.18. The SMILES string of the molecule is CC(C)c1ccc2ccc3c(-c4cccc(-c5ccc6c(c5)C(C)(C)c5ccccc5-6)c4)cc(C(C)C)nc3c2n1. The van der Waals surface area contributed by atoms with Crippen LogP contribution in [0.2, 0.25) is 0 Å². The molecule has 0 N–H and O–H groups in total. The maximum Gasteiger partial charge on any atom is 0.0974 e. The van der Waals surface area contributed by atoms with Gasteiger partial charge in [0.05, 0.1) is 11.0 Å². The van der Waals surface area contributed by atoms with Gasteiger partial charge in [-0.15, -0.1) is 0 Å². The van der Waals surface area contributed by atoms with Gasteiger partial charge in [-0.3, -0.25) is 9.97 Å². The van der Waals surface area contributed by atoms with Gasteiger partial charge in [-0.05, 0) is 80.6 Å². The summed E-state index contributed by atoms with van der Waals surface area (Å²) in [6.07, 6.45) is 0. The Morgan fingerprint density at radius 1 is 0.512 bits per heavy atom. The Balaban J connectivity index is 1.40. The molecule has 202 valence electrons.